The van der Waals surface area contributed by atoms with Crippen LogP contribution in [0.3, 0.4) is 0 Å². The fourth-order valence-corrected chi connectivity index (χ4v) is 3.17. The van der Waals surface area contributed by atoms with Gasteiger partial charge < -0.3 is 10.6 Å². The first-order valence-electron chi connectivity index (χ1n) is 8.83. The minimum absolute atomic E-state index is 0.386. The van der Waals surface area contributed by atoms with Gasteiger partial charge in [-0.2, -0.15) is 13.2 Å². The van der Waals surface area contributed by atoms with Gasteiger partial charge in [-0.3, -0.25) is 14.5 Å². The summed E-state index contributed by atoms with van der Waals surface area (Å²) >= 11 is 0. The molecule has 2 unspecified atom stereocenters. The van der Waals surface area contributed by atoms with E-state index >= 15 is 0 Å². The van der Waals surface area contributed by atoms with E-state index in [1.165, 1.54) is 6.92 Å². The lowest BCUT2D eigenvalue weighted by Crippen LogP contribution is -2.46. The third-order valence-corrected chi connectivity index (χ3v) is 4.76. The number of hydrogen-bond donors (Lipinski definition) is 2. The molecule has 4 amide bonds. The highest BCUT2D eigenvalue weighted by molar-refractivity contribution is 6.09. The molecule has 1 aliphatic rings. The molecular formula is C20H17F4N3O3. The highest BCUT2D eigenvalue weighted by Gasteiger charge is 2.50. The monoisotopic (exact) mass is 423 g/mol. The van der Waals surface area contributed by atoms with Crippen LogP contribution in [0.1, 0.15) is 24.1 Å². The molecule has 10 heteroatoms. The zero-order valence-corrected chi connectivity index (χ0v) is 15.7. The molecule has 0 radical (unpaired) electrons. The van der Waals surface area contributed by atoms with E-state index in [2.05, 4.69) is 5.32 Å². The Morgan fingerprint density at radius 1 is 1.10 bits per heavy atom. The van der Waals surface area contributed by atoms with Crippen molar-refractivity contribution in [1.29, 1.82) is 0 Å². The SMILES string of the molecule is CC1(c2ccccc2)NC(=O)N(CC(=O)NC(c2ccc(F)cc2)C(F)(F)F)C1=O. The van der Waals surface area contributed by atoms with Crippen LogP contribution in [0.4, 0.5) is 22.4 Å². The second-order valence-corrected chi connectivity index (χ2v) is 6.91. The molecule has 3 rings (SSSR count). The Morgan fingerprint density at radius 2 is 1.70 bits per heavy atom. The number of urea groups is 1. The van der Waals surface area contributed by atoms with E-state index in [1.54, 1.807) is 35.6 Å². The van der Waals surface area contributed by atoms with Crippen molar-refractivity contribution in [2.24, 2.45) is 0 Å². The molecule has 1 aliphatic heterocycles. The summed E-state index contributed by atoms with van der Waals surface area (Å²) in [6, 6.07) is 8.39. The number of nitrogens with zero attached hydrogens (tertiary/aromatic N) is 1. The van der Waals surface area contributed by atoms with E-state index in [9.17, 15) is 31.9 Å². The smallest absolute Gasteiger partial charge is 0.339 e. The Morgan fingerprint density at radius 3 is 2.27 bits per heavy atom. The molecular weight excluding hydrogens is 406 g/mol. The molecule has 2 atom stereocenters. The van der Waals surface area contributed by atoms with E-state index in [0.29, 0.717) is 10.5 Å². The minimum Gasteiger partial charge on any atom is -0.339 e. The number of hydrogen-bond acceptors (Lipinski definition) is 3. The van der Waals surface area contributed by atoms with E-state index in [0.717, 1.165) is 24.3 Å². The molecule has 6 nitrogen and oxygen atoms in total. The van der Waals surface area contributed by atoms with Crippen molar-refractivity contribution in [2.75, 3.05) is 6.54 Å². The maximum atomic E-state index is 13.4. The standard InChI is InChI=1S/C20H17F4N3O3/c1-19(13-5-3-2-4-6-13)17(29)27(18(30)26-19)11-15(28)25-16(20(22,23)24)12-7-9-14(21)10-8-12/h2-10,16H,11H2,1H3,(H,25,28)(H,26,30). The molecule has 0 aromatic heterocycles. The topological polar surface area (TPSA) is 78.5 Å². The van der Waals surface area contributed by atoms with Crippen LogP contribution in [-0.4, -0.2) is 35.5 Å². The van der Waals surface area contributed by atoms with Crippen LogP contribution in [0.2, 0.25) is 0 Å². The second-order valence-electron chi connectivity index (χ2n) is 6.91. The number of alkyl halides is 3. The molecule has 0 bridgehead atoms. The summed E-state index contributed by atoms with van der Waals surface area (Å²) in [5.41, 5.74) is -1.37. The molecule has 0 saturated carbocycles. The number of carbonyl (C=O) groups is 3. The van der Waals surface area contributed by atoms with Crippen molar-refractivity contribution in [3.05, 3.63) is 71.5 Å². The molecule has 2 N–H and O–H groups in total. The predicted molar refractivity (Wildman–Crippen MR) is 97.4 cm³/mol. The van der Waals surface area contributed by atoms with Crippen LogP contribution in [0.25, 0.3) is 0 Å². The summed E-state index contributed by atoms with van der Waals surface area (Å²) in [4.78, 5) is 37.8. The molecule has 1 fully saturated rings. The van der Waals surface area contributed by atoms with Crippen LogP contribution in [0.5, 0.6) is 0 Å². The Kier molecular flexibility index (Phi) is 5.51. The van der Waals surface area contributed by atoms with Crippen LogP contribution in [0.15, 0.2) is 54.6 Å². The average Bonchev–Trinajstić information content (AvgIpc) is 2.91. The maximum absolute atomic E-state index is 13.4. The zero-order chi connectivity index (χ0) is 22.1. The number of imide groups is 1. The van der Waals surface area contributed by atoms with Crippen molar-refractivity contribution < 1.29 is 31.9 Å². The van der Waals surface area contributed by atoms with Crippen LogP contribution >= 0.6 is 0 Å². The summed E-state index contributed by atoms with van der Waals surface area (Å²) in [7, 11) is 0. The Balaban J connectivity index is 1.77. The van der Waals surface area contributed by atoms with Gasteiger partial charge in [0.15, 0.2) is 6.04 Å². The number of rotatable bonds is 5. The summed E-state index contributed by atoms with van der Waals surface area (Å²) in [5, 5.41) is 4.23. The quantitative estimate of drug-likeness (QED) is 0.573. The van der Waals surface area contributed by atoms with Crippen molar-refractivity contribution >= 4 is 17.8 Å². The maximum Gasteiger partial charge on any atom is 0.412 e. The van der Waals surface area contributed by atoms with E-state index < -0.39 is 48.0 Å². The molecule has 1 saturated heterocycles. The van der Waals surface area contributed by atoms with Gasteiger partial charge in [0.25, 0.3) is 5.91 Å². The first-order valence-corrected chi connectivity index (χ1v) is 8.83. The number of amides is 4. The molecule has 158 valence electrons. The van der Waals surface area contributed by atoms with E-state index in [4.69, 9.17) is 0 Å². The third kappa shape index (κ3) is 4.12. The first-order chi connectivity index (χ1) is 14.0. The third-order valence-electron chi connectivity index (χ3n) is 4.76. The van der Waals surface area contributed by atoms with Crippen LogP contribution in [-0.2, 0) is 15.1 Å². The average molecular weight is 423 g/mol. The van der Waals surface area contributed by atoms with Gasteiger partial charge in [0.1, 0.15) is 17.9 Å². The largest absolute Gasteiger partial charge is 0.412 e. The van der Waals surface area contributed by atoms with Gasteiger partial charge >= 0.3 is 12.2 Å². The van der Waals surface area contributed by atoms with E-state index in [-0.39, 0.29) is 5.56 Å². The molecule has 0 spiro atoms. The van der Waals surface area contributed by atoms with E-state index in [1.807, 2.05) is 0 Å². The molecule has 2 aromatic rings. The lowest BCUT2D eigenvalue weighted by molar-refractivity contribution is -0.163. The lowest BCUT2D eigenvalue weighted by Gasteiger charge is -2.24. The van der Waals surface area contributed by atoms with Crippen molar-refractivity contribution in [1.82, 2.24) is 15.5 Å². The fourth-order valence-electron chi connectivity index (χ4n) is 3.17. The highest BCUT2D eigenvalue weighted by atomic mass is 19.4. The molecule has 30 heavy (non-hydrogen) atoms. The zero-order valence-electron chi connectivity index (χ0n) is 15.7. The fraction of sp³-hybridized carbons (Fsp3) is 0.250. The van der Waals surface area contributed by atoms with Crippen molar-refractivity contribution in [3.8, 4) is 0 Å². The van der Waals surface area contributed by atoms with Gasteiger partial charge in [-0.05, 0) is 30.2 Å². The minimum atomic E-state index is -4.87. The number of carbonyl (C=O) groups excluding carboxylic acids is 3. The Bertz CT molecular complexity index is 964. The predicted octanol–water partition coefficient (Wildman–Crippen LogP) is 3.01. The molecule has 2 aromatic carbocycles. The van der Waals surface area contributed by atoms with Gasteiger partial charge in [-0.1, -0.05) is 42.5 Å². The second kappa shape index (κ2) is 7.77. The van der Waals surface area contributed by atoms with Crippen LogP contribution < -0.4 is 10.6 Å². The van der Waals surface area contributed by atoms with Gasteiger partial charge in [0.2, 0.25) is 5.91 Å². The lowest BCUT2D eigenvalue weighted by atomic mass is 9.92. The summed E-state index contributed by atoms with van der Waals surface area (Å²) in [6.45, 7) is 0.540. The number of nitrogens with one attached hydrogen (secondary N) is 2. The van der Waals surface area contributed by atoms with Crippen LogP contribution in [0, 0.1) is 5.82 Å². The summed E-state index contributed by atoms with van der Waals surface area (Å²) in [6.07, 6.45) is -4.87. The van der Waals surface area contributed by atoms with Gasteiger partial charge in [-0.15, -0.1) is 0 Å². The van der Waals surface area contributed by atoms with Gasteiger partial charge in [0, 0.05) is 0 Å². The summed E-state index contributed by atoms with van der Waals surface area (Å²) in [5.74, 6) is -2.69. The first kappa shape index (κ1) is 21.3. The molecule has 1 heterocycles. The van der Waals surface area contributed by atoms with Crippen molar-refractivity contribution in [3.63, 3.8) is 0 Å². The Labute approximate surface area is 168 Å². The molecule has 0 aliphatic carbocycles. The number of halogens is 4. The van der Waals surface area contributed by atoms with Gasteiger partial charge in [0.05, 0.1) is 0 Å². The number of benzene rings is 2. The highest BCUT2D eigenvalue weighted by Crippen LogP contribution is 2.33. The normalized spacial score (nSPS) is 20.1. The van der Waals surface area contributed by atoms with Crippen molar-refractivity contribution in [2.45, 2.75) is 24.7 Å². The summed E-state index contributed by atoms with van der Waals surface area (Å²) < 4.78 is 53.3. The van der Waals surface area contributed by atoms with Gasteiger partial charge in [-0.25, -0.2) is 9.18 Å². The Hall–Kier alpha value is -3.43.